The van der Waals surface area contributed by atoms with Gasteiger partial charge in [-0.2, -0.15) is 0 Å². The lowest BCUT2D eigenvalue weighted by Gasteiger charge is -2.33. The smallest absolute Gasteiger partial charge is 0.277 e. The number of hydrogen-bond donors (Lipinski definition) is 1. The third-order valence-electron chi connectivity index (χ3n) is 3.77. The molecule has 0 aliphatic carbocycles. The maximum atomic E-state index is 11.1. The van der Waals surface area contributed by atoms with Crippen LogP contribution in [0.15, 0.2) is 30.6 Å². The summed E-state index contributed by atoms with van der Waals surface area (Å²) in [7, 11) is 0. The number of hydrogen-bond acceptors (Lipinski definition) is 5. The van der Waals surface area contributed by atoms with Crippen molar-refractivity contribution in [2.24, 2.45) is 5.73 Å². The van der Waals surface area contributed by atoms with Gasteiger partial charge in [0.15, 0.2) is 0 Å². The summed E-state index contributed by atoms with van der Waals surface area (Å²) in [6.45, 7) is 1.71. The molecule has 0 amide bonds. The summed E-state index contributed by atoms with van der Waals surface area (Å²) in [4.78, 5) is 17.1. The summed E-state index contributed by atoms with van der Waals surface area (Å²) in [6.07, 6.45) is 5.35. The molecule has 2 heterocycles. The zero-order valence-electron chi connectivity index (χ0n) is 11.0. The van der Waals surface area contributed by atoms with Gasteiger partial charge in [-0.15, -0.1) is 0 Å². The van der Waals surface area contributed by atoms with Crippen molar-refractivity contribution in [1.29, 1.82) is 0 Å². The first-order valence-electron chi connectivity index (χ1n) is 6.68. The van der Waals surface area contributed by atoms with Crippen LogP contribution in [0.2, 0.25) is 0 Å². The molecule has 6 nitrogen and oxygen atoms in total. The summed E-state index contributed by atoms with van der Waals surface area (Å²) in [5.41, 5.74) is 7.12. The Morgan fingerprint density at radius 2 is 2.20 bits per heavy atom. The normalized spacial score (nSPS) is 19.2. The molecule has 1 aromatic carbocycles. The lowest BCUT2D eigenvalue weighted by molar-refractivity contribution is -0.383. The second-order valence-electron chi connectivity index (χ2n) is 5.13. The second kappa shape index (κ2) is 5.05. The number of rotatable bonds is 2. The van der Waals surface area contributed by atoms with Crippen molar-refractivity contribution >= 4 is 22.1 Å². The lowest BCUT2D eigenvalue weighted by atomic mass is 10.0. The fraction of sp³-hybridized carbons (Fsp3) is 0.357. The quantitative estimate of drug-likeness (QED) is 0.668. The van der Waals surface area contributed by atoms with Gasteiger partial charge in [-0.05, 0) is 25.0 Å². The molecule has 1 aliphatic rings. The number of aromatic nitrogens is 1. The maximum Gasteiger partial charge on any atom is 0.277 e. The second-order valence-corrected chi connectivity index (χ2v) is 5.13. The van der Waals surface area contributed by atoms with Crippen molar-refractivity contribution in [3.05, 3.63) is 40.7 Å². The van der Waals surface area contributed by atoms with Crippen molar-refractivity contribution < 1.29 is 4.92 Å². The number of fused-ring (bicyclic) bond motifs is 1. The Labute approximate surface area is 116 Å². The minimum absolute atomic E-state index is 0.118. The summed E-state index contributed by atoms with van der Waals surface area (Å²) in [6, 6.07) is 5.23. The zero-order chi connectivity index (χ0) is 14.1. The molecule has 20 heavy (non-hydrogen) atoms. The van der Waals surface area contributed by atoms with Gasteiger partial charge in [0.25, 0.3) is 5.69 Å². The molecule has 1 saturated heterocycles. The van der Waals surface area contributed by atoms with Gasteiger partial charge in [0.2, 0.25) is 0 Å². The summed E-state index contributed by atoms with van der Waals surface area (Å²) in [5.74, 6) is 0. The molecule has 0 saturated carbocycles. The van der Waals surface area contributed by atoms with E-state index in [0.717, 1.165) is 37.0 Å². The van der Waals surface area contributed by atoms with E-state index >= 15 is 0 Å². The molecule has 0 unspecified atom stereocenters. The van der Waals surface area contributed by atoms with Crippen LogP contribution in [-0.2, 0) is 0 Å². The van der Waals surface area contributed by atoms with Gasteiger partial charge in [0, 0.05) is 48.7 Å². The largest absolute Gasteiger partial charge is 0.369 e. The Bertz CT molecular complexity index is 659. The van der Waals surface area contributed by atoms with Gasteiger partial charge in [-0.1, -0.05) is 0 Å². The minimum Gasteiger partial charge on any atom is -0.369 e. The van der Waals surface area contributed by atoms with Crippen molar-refractivity contribution in [1.82, 2.24) is 4.98 Å². The topological polar surface area (TPSA) is 85.3 Å². The first kappa shape index (κ1) is 12.8. The van der Waals surface area contributed by atoms with E-state index in [1.165, 1.54) is 0 Å². The number of non-ortho nitro benzene ring substituents is 1. The standard InChI is InChI=1S/C14H16N4O2/c15-10-2-1-7-17(9-10)13-3-4-14(18(19)20)11-5-6-16-8-12(11)13/h3-6,8,10H,1-2,7,9,15H2/t10-/m1/s1. The molecule has 0 spiro atoms. The average Bonchev–Trinajstić information content (AvgIpc) is 2.46. The molecule has 104 valence electrons. The van der Waals surface area contributed by atoms with Crippen LogP contribution >= 0.6 is 0 Å². The molecular weight excluding hydrogens is 256 g/mol. The Kier molecular flexibility index (Phi) is 3.23. The number of nitro groups is 1. The molecule has 1 fully saturated rings. The molecule has 2 aromatic rings. The van der Waals surface area contributed by atoms with E-state index < -0.39 is 0 Å². The highest BCUT2D eigenvalue weighted by atomic mass is 16.6. The number of anilines is 1. The fourth-order valence-electron chi connectivity index (χ4n) is 2.82. The van der Waals surface area contributed by atoms with Crippen molar-refractivity contribution in [3.63, 3.8) is 0 Å². The van der Waals surface area contributed by atoms with Gasteiger partial charge in [0.1, 0.15) is 0 Å². The molecule has 3 rings (SSSR count). The molecule has 6 heteroatoms. The van der Waals surface area contributed by atoms with Crippen LogP contribution in [0.3, 0.4) is 0 Å². The molecule has 2 N–H and O–H groups in total. The third-order valence-corrected chi connectivity index (χ3v) is 3.77. The third kappa shape index (κ3) is 2.18. The molecule has 1 aliphatic heterocycles. The molecule has 1 aromatic heterocycles. The van der Waals surface area contributed by atoms with Crippen molar-refractivity contribution in [2.45, 2.75) is 18.9 Å². The van der Waals surface area contributed by atoms with Gasteiger partial charge in [-0.25, -0.2) is 0 Å². The molecular formula is C14H16N4O2. The number of nitrogens with two attached hydrogens (primary N) is 1. The van der Waals surface area contributed by atoms with E-state index in [1.54, 1.807) is 30.6 Å². The maximum absolute atomic E-state index is 11.1. The van der Waals surface area contributed by atoms with Crippen LogP contribution < -0.4 is 10.6 Å². The number of benzene rings is 1. The Morgan fingerprint density at radius 3 is 2.95 bits per heavy atom. The van der Waals surface area contributed by atoms with Crippen molar-refractivity contribution in [3.8, 4) is 0 Å². The first-order chi connectivity index (χ1) is 9.66. The Morgan fingerprint density at radius 1 is 1.35 bits per heavy atom. The number of pyridine rings is 1. The minimum atomic E-state index is -0.353. The predicted molar refractivity (Wildman–Crippen MR) is 77.8 cm³/mol. The monoisotopic (exact) mass is 272 g/mol. The van der Waals surface area contributed by atoms with E-state index in [0.29, 0.717) is 5.39 Å². The van der Waals surface area contributed by atoms with Crippen LogP contribution in [0.1, 0.15) is 12.8 Å². The van der Waals surface area contributed by atoms with E-state index in [1.807, 2.05) is 0 Å². The van der Waals surface area contributed by atoms with E-state index in [9.17, 15) is 10.1 Å². The molecule has 0 radical (unpaired) electrons. The van der Waals surface area contributed by atoms with Gasteiger partial charge < -0.3 is 10.6 Å². The number of nitrogens with zero attached hydrogens (tertiary/aromatic N) is 3. The van der Waals surface area contributed by atoms with Gasteiger partial charge >= 0.3 is 0 Å². The predicted octanol–water partition coefficient (Wildman–Crippen LogP) is 2.07. The van der Waals surface area contributed by atoms with Crippen LogP contribution in [-0.4, -0.2) is 29.0 Å². The van der Waals surface area contributed by atoms with Crippen LogP contribution in [0.4, 0.5) is 11.4 Å². The summed E-state index contributed by atoms with van der Waals surface area (Å²) < 4.78 is 0. The highest BCUT2D eigenvalue weighted by molar-refractivity contribution is 5.99. The van der Waals surface area contributed by atoms with Crippen LogP contribution in [0.25, 0.3) is 10.8 Å². The van der Waals surface area contributed by atoms with Gasteiger partial charge in [0.05, 0.1) is 10.3 Å². The first-order valence-corrected chi connectivity index (χ1v) is 6.68. The Hall–Kier alpha value is -2.21. The lowest BCUT2D eigenvalue weighted by Crippen LogP contribution is -2.42. The number of piperidine rings is 1. The van der Waals surface area contributed by atoms with E-state index in [2.05, 4.69) is 9.88 Å². The van der Waals surface area contributed by atoms with Crippen LogP contribution in [0.5, 0.6) is 0 Å². The summed E-state index contributed by atoms with van der Waals surface area (Å²) in [5, 5.41) is 12.5. The highest BCUT2D eigenvalue weighted by Crippen LogP contribution is 2.33. The van der Waals surface area contributed by atoms with E-state index in [-0.39, 0.29) is 16.7 Å². The van der Waals surface area contributed by atoms with Crippen molar-refractivity contribution in [2.75, 3.05) is 18.0 Å². The van der Waals surface area contributed by atoms with E-state index in [4.69, 9.17) is 5.73 Å². The van der Waals surface area contributed by atoms with Crippen LogP contribution in [0, 0.1) is 10.1 Å². The zero-order valence-corrected chi connectivity index (χ0v) is 11.0. The Balaban J connectivity index is 2.12. The molecule has 1 atom stereocenters. The highest BCUT2D eigenvalue weighted by Gasteiger charge is 2.21. The van der Waals surface area contributed by atoms with Gasteiger partial charge in [-0.3, -0.25) is 15.1 Å². The molecule has 0 bridgehead atoms. The summed E-state index contributed by atoms with van der Waals surface area (Å²) >= 11 is 0. The number of nitro benzene ring substituents is 1. The fourth-order valence-corrected chi connectivity index (χ4v) is 2.82. The SMILES string of the molecule is N[C@@H]1CCCN(c2ccc([N+](=O)[O-])c3ccncc23)C1. The average molecular weight is 272 g/mol.